The van der Waals surface area contributed by atoms with Crippen molar-refractivity contribution in [3.63, 3.8) is 0 Å². The van der Waals surface area contributed by atoms with Crippen LogP contribution in [0.15, 0.2) is 70.7 Å². The molecule has 10 nitrogen and oxygen atoms in total. The molecule has 0 aliphatic heterocycles. The molecule has 0 spiro atoms. The van der Waals surface area contributed by atoms with Gasteiger partial charge in [0.05, 0.1) is 20.4 Å². The summed E-state index contributed by atoms with van der Waals surface area (Å²) in [6.45, 7) is 0. The van der Waals surface area contributed by atoms with E-state index in [2.05, 4.69) is 21.2 Å². The van der Waals surface area contributed by atoms with Gasteiger partial charge in [0.15, 0.2) is 0 Å². The first-order valence-electron chi connectivity index (χ1n) is 9.27. The molecule has 0 aliphatic rings. The third-order valence-electron chi connectivity index (χ3n) is 4.30. The summed E-state index contributed by atoms with van der Waals surface area (Å²) in [5.74, 6) is -1.23. The van der Waals surface area contributed by atoms with E-state index in [1.165, 1.54) is 36.4 Å². The standard InChI is InChI=1S/C22H12BrFN4O6/c23-18-10-13(9-14(12-25)22(29)26-16-4-2-15(24)3-5-16)1-7-20(18)34-21-8-6-17(27(30)31)11-19(21)28(32)33/h1-11H,(H,26,29)/b14-9+. The van der Waals surface area contributed by atoms with Gasteiger partial charge in [0.2, 0.25) is 5.75 Å². The van der Waals surface area contributed by atoms with Gasteiger partial charge in [-0.15, -0.1) is 0 Å². The molecule has 0 heterocycles. The number of anilines is 1. The molecule has 3 rings (SSSR count). The Balaban J connectivity index is 1.83. The van der Waals surface area contributed by atoms with E-state index < -0.39 is 32.9 Å². The highest BCUT2D eigenvalue weighted by Gasteiger charge is 2.22. The first-order chi connectivity index (χ1) is 16.2. The van der Waals surface area contributed by atoms with Crippen molar-refractivity contribution in [1.29, 1.82) is 5.26 Å². The van der Waals surface area contributed by atoms with Gasteiger partial charge in [0.1, 0.15) is 23.2 Å². The van der Waals surface area contributed by atoms with E-state index in [-0.39, 0.29) is 17.1 Å². The van der Waals surface area contributed by atoms with Crippen LogP contribution in [0.1, 0.15) is 5.56 Å². The molecular formula is C22H12BrFN4O6. The largest absolute Gasteiger partial charge is 0.449 e. The third-order valence-corrected chi connectivity index (χ3v) is 4.92. The van der Waals surface area contributed by atoms with Crippen molar-refractivity contribution in [2.75, 3.05) is 5.32 Å². The van der Waals surface area contributed by atoms with E-state index in [4.69, 9.17) is 4.74 Å². The SMILES string of the molecule is N#C/C(=C\c1ccc(Oc2ccc([N+](=O)[O-])cc2[N+](=O)[O-])c(Br)c1)C(=O)Nc1ccc(F)cc1. The van der Waals surface area contributed by atoms with E-state index in [0.717, 1.165) is 30.3 Å². The molecule has 0 saturated heterocycles. The minimum absolute atomic E-state index is 0.156. The number of nitriles is 1. The van der Waals surface area contributed by atoms with Crippen molar-refractivity contribution in [3.05, 3.63) is 102 Å². The summed E-state index contributed by atoms with van der Waals surface area (Å²) in [4.78, 5) is 33.0. The third kappa shape index (κ3) is 5.78. The lowest BCUT2D eigenvalue weighted by Gasteiger charge is -2.09. The average Bonchev–Trinajstić information content (AvgIpc) is 2.80. The molecule has 0 saturated carbocycles. The van der Waals surface area contributed by atoms with E-state index in [9.17, 15) is 34.7 Å². The number of ether oxygens (including phenoxy) is 1. The Morgan fingerprint density at radius 2 is 1.71 bits per heavy atom. The van der Waals surface area contributed by atoms with Crippen LogP contribution in [0.2, 0.25) is 0 Å². The number of nitro groups is 2. The zero-order valence-electron chi connectivity index (χ0n) is 16.9. The molecule has 0 bridgehead atoms. The number of amides is 1. The summed E-state index contributed by atoms with van der Waals surface area (Å²) < 4.78 is 18.9. The number of nitrogens with one attached hydrogen (secondary N) is 1. The Bertz CT molecular complexity index is 1370. The number of carbonyl (C=O) groups is 1. The normalized spacial score (nSPS) is 10.8. The summed E-state index contributed by atoms with van der Waals surface area (Å²) in [5.41, 5.74) is -0.530. The van der Waals surface area contributed by atoms with Gasteiger partial charge in [-0.2, -0.15) is 5.26 Å². The van der Waals surface area contributed by atoms with Crippen molar-refractivity contribution in [2.24, 2.45) is 0 Å². The molecule has 0 aromatic heterocycles. The summed E-state index contributed by atoms with van der Waals surface area (Å²) in [5, 5.41) is 34.0. The van der Waals surface area contributed by atoms with Crippen LogP contribution in [0.5, 0.6) is 11.5 Å². The maximum absolute atomic E-state index is 13.0. The fourth-order valence-electron chi connectivity index (χ4n) is 2.70. The van der Waals surface area contributed by atoms with Gasteiger partial charge in [-0.1, -0.05) is 6.07 Å². The number of carbonyl (C=O) groups excluding carboxylic acids is 1. The number of rotatable bonds is 7. The molecule has 0 radical (unpaired) electrons. The lowest BCUT2D eigenvalue weighted by atomic mass is 10.1. The van der Waals surface area contributed by atoms with Gasteiger partial charge >= 0.3 is 5.69 Å². The van der Waals surface area contributed by atoms with Crippen LogP contribution < -0.4 is 10.1 Å². The van der Waals surface area contributed by atoms with Gasteiger partial charge in [0.25, 0.3) is 11.6 Å². The Morgan fingerprint density at radius 1 is 1.03 bits per heavy atom. The number of benzene rings is 3. The fourth-order valence-corrected chi connectivity index (χ4v) is 3.18. The maximum Gasteiger partial charge on any atom is 0.318 e. The van der Waals surface area contributed by atoms with Gasteiger partial charge < -0.3 is 10.1 Å². The second-order valence-corrected chi connectivity index (χ2v) is 7.44. The van der Waals surface area contributed by atoms with E-state index in [1.54, 1.807) is 6.07 Å². The molecule has 12 heteroatoms. The van der Waals surface area contributed by atoms with Crippen molar-refractivity contribution in [1.82, 2.24) is 0 Å². The van der Waals surface area contributed by atoms with Crippen LogP contribution in [0.4, 0.5) is 21.5 Å². The Hall–Kier alpha value is -4.63. The average molecular weight is 527 g/mol. The predicted octanol–water partition coefficient (Wildman–Crippen LogP) is 5.74. The van der Waals surface area contributed by atoms with Crippen LogP contribution in [0.25, 0.3) is 6.08 Å². The van der Waals surface area contributed by atoms with Crippen LogP contribution in [0, 0.1) is 37.4 Å². The minimum Gasteiger partial charge on any atom is -0.449 e. The number of halogens is 2. The summed E-state index contributed by atoms with van der Waals surface area (Å²) in [6.07, 6.45) is 1.31. The molecule has 0 aliphatic carbocycles. The lowest BCUT2D eigenvalue weighted by molar-refractivity contribution is -0.394. The number of hydrogen-bond donors (Lipinski definition) is 1. The molecular weight excluding hydrogens is 515 g/mol. The number of hydrogen-bond acceptors (Lipinski definition) is 7. The second-order valence-electron chi connectivity index (χ2n) is 6.59. The van der Waals surface area contributed by atoms with Crippen molar-refractivity contribution in [2.45, 2.75) is 0 Å². The predicted molar refractivity (Wildman–Crippen MR) is 123 cm³/mol. The molecule has 1 amide bonds. The van der Waals surface area contributed by atoms with Crippen molar-refractivity contribution < 1.29 is 23.8 Å². The van der Waals surface area contributed by atoms with Crippen LogP contribution in [-0.4, -0.2) is 15.8 Å². The molecule has 0 atom stereocenters. The minimum atomic E-state index is -0.799. The Kier molecular flexibility index (Phi) is 7.29. The quantitative estimate of drug-likeness (QED) is 0.178. The molecule has 3 aromatic carbocycles. The highest BCUT2D eigenvalue weighted by Crippen LogP contribution is 2.37. The summed E-state index contributed by atoms with van der Waals surface area (Å²) >= 11 is 3.26. The molecule has 3 aromatic rings. The lowest BCUT2D eigenvalue weighted by Crippen LogP contribution is -2.13. The number of nitrogens with zero attached hydrogens (tertiary/aromatic N) is 3. The Labute approximate surface area is 199 Å². The fraction of sp³-hybridized carbons (Fsp3) is 0. The second kappa shape index (κ2) is 10.3. The summed E-state index contributed by atoms with van der Waals surface area (Å²) in [6, 6.07) is 14.2. The van der Waals surface area contributed by atoms with Crippen LogP contribution in [0.3, 0.4) is 0 Å². The molecule has 1 N–H and O–H groups in total. The molecule has 0 fully saturated rings. The summed E-state index contributed by atoms with van der Waals surface area (Å²) in [7, 11) is 0. The first kappa shape index (κ1) is 24.0. The Morgan fingerprint density at radius 3 is 2.29 bits per heavy atom. The van der Waals surface area contributed by atoms with Crippen LogP contribution in [-0.2, 0) is 4.79 Å². The zero-order valence-corrected chi connectivity index (χ0v) is 18.5. The van der Waals surface area contributed by atoms with Gasteiger partial charge in [-0.3, -0.25) is 25.0 Å². The van der Waals surface area contributed by atoms with Crippen molar-refractivity contribution in [3.8, 4) is 17.6 Å². The first-order valence-corrected chi connectivity index (χ1v) is 10.1. The maximum atomic E-state index is 13.0. The topological polar surface area (TPSA) is 148 Å². The number of nitro benzene ring substituents is 2. The molecule has 170 valence electrons. The van der Waals surface area contributed by atoms with E-state index in [1.807, 2.05) is 0 Å². The molecule has 34 heavy (non-hydrogen) atoms. The van der Waals surface area contributed by atoms with E-state index in [0.29, 0.717) is 15.7 Å². The highest BCUT2D eigenvalue weighted by atomic mass is 79.9. The van der Waals surface area contributed by atoms with Crippen molar-refractivity contribution >= 4 is 45.0 Å². The van der Waals surface area contributed by atoms with E-state index >= 15 is 0 Å². The smallest absolute Gasteiger partial charge is 0.318 e. The van der Waals surface area contributed by atoms with Gasteiger partial charge in [-0.25, -0.2) is 4.39 Å². The van der Waals surface area contributed by atoms with Crippen LogP contribution >= 0.6 is 15.9 Å². The number of non-ortho nitro benzene ring substituents is 1. The monoisotopic (exact) mass is 526 g/mol. The highest BCUT2D eigenvalue weighted by molar-refractivity contribution is 9.10. The van der Waals surface area contributed by atoms with Gasteiger partial charge in [-0.05, 0) is 70.0 Å². The molecule has 0 unspecified atom stereocenters. The zero-order chi connectivity index (χ0) is 24.8. The van der Waals surface area contributed by atoms with Gasteiger partial charge in [0, 0.05) is 11.8 Å².